The van der Waals surface area contributed by atoms with Gasteiger partial charge in [-0.15, -0.1) is 0 Å². The first kappa shape index (κ1) is 11.0. The second-order valence-corrected chi connectivity index (χ2v) is 4.41. The minimum absolute atomic E-state index is 0.154. The van der Waals surface area contributed by atoms with Crippen molar-refractivity contribution >= 4 is 5.82 Å². The van der Waals surface area contributed by atoms with Gasteiger partial charge < -0.3 is 10.6 Å². The molecule has 0 atom stereocenters. The summed E-state index contributed by atoms with van der Waals surface area (Å²) in [6.07, 6.45) is 1.89. The summed E-state index contributed by atoms with van der Waals surface area (Å²) in [5, 5.41) is 6.41. The molecule has 0 aliphatic heterocycles. The zero-order chi connectivity index (χ0) is 10.6. The summed E-state index contributed by atoms with van der Waals surface area (Å²) in [6.45, 7) is 7.33. The lowest BCUT2D eigenvalue weighted by Crippen LogP contribution is -2.35. The predicted molar refractivity (Wildman–Crippen MR) is 60.4 cm³/mol. The molecule has 0 aromatic carbocycles. The lowest BCUT2D eigenvalue weighted by atomic mass is 10.1. The number of hydrogen-bond donors (Lipinski definition) is 2. The Kier molecular flexibility index (Phi) is 3.47. The van der Waals surface area contributed by atoms with Crippen LogP contribution < -0.4 is 10.6 Å². The van der Waals surface area contributed by atoms with E-state index in [1.807, 2.05) is 19.3 Å². The molecule has 1 aromatic rings. The second-order valence-electron chi connectivity index (χ2n) is 4.41. The van der Waals surface area contributed by atoms with Crippen LogP contribution in [0.3, 0.4) is 0 Å². The van der Waals surface area contributed by atoms with E-state index in [2.05, 4.69) is 42.5 Å². The SMILES string of the molecule is CNc1ccc(CNC(C)(C)C)cn1. The highest BCUT2D eigenvalue weighted by Crippen LogP contribution is 2.06. The van der Waals surface area contributed by atoms with E-state index in [0.29, 0.717) is 0 Å². The lowest BCUT2D eigenvalue weighted by molar-refractivity contribution is 0.424. The van der Waals surface area contributed by atoms with E-state index < -0.39 is 0 Å². The van der Waals surface area contributed by atoms with Crippen molar-refractivity contribution in [3.05, 3.63) is 23.9 Å². The van der Waals surface area contributed by atoms with Gasteiger partial charge in [-0.05, 0) is 32.4 Å². The number of anilines is 1. The minimum Gasteiger partial charge on any atom is -0.373 e. The summed E-state index contributed by atoms with van der Waals surface area (Å²) in [7, 11) is 1.87. The maximum atomic E-state index is 4.25. The fourth-order valence-corrected chi connectivity index (χ4v) is 1.04. The van der Waals surface area contributed by atoms with Gasteiger partial charge in [-0.2, -0.15) is 0 Å². The van der Waals surface area contributed by atoms with Gasteiger partial charge in [0.25, 0.3) is 0 Å². The van der Waals surface area contributed by atoms with Crippen molar-refractivity contribution < 1.29 is 0 Å². The Bertz CT molecular complexity index is 272. The average molecular weight is 193 g/mol. The topological polar surface area (TPSA) is 37.0 Å². The average Bonchev–Trinajstić information content (AvgIpc) is 2.14. The van der Waals surface area contributed by atoms with Crippen LogP contribution >= 0.6 is 0 Å². The van der Waals surface area contributed by atoms with Crippen molar-refractivity contribution in [1.82, 2.24) is 10.3 Å². The van der Waals surface area contributed by atoms with Gasteiger partial charge in [0, 0.05) is 25.3 Å². The van der Waals surface area contributed by atoms with Crippen molar-refractivity contribution in [3.8, 4) is 0 Å². The number of nitrogens with zero attached hydrogens (tertiary/aromatic N) is 1. The number of rotatable bonds is 3. The third-order valence-corrected chi connectivity index (χ3v) is 1.90. The lowest BCUT2D eigenvalue weighted by Gasteiger charge is -2.20. The number of aromatic nitrogens is 1. The van der Waals surface area contributed by atoms with E-state index in [1.165, 1.54) is 5.56 Å². The van der Waals surface area contributed by atoms with Crippen LogP contribution in [0.15, 0.2) is 18.3 Å². The normalized spacial score (nSPS) is 11.4. The van der Waals surface area contributed by atoms with Gasteiger partial charge in [-0.1, -0.05) is 6.07 Å². The molecule has 0 saturated heterocycles. The Hall–Kier alpha value is -1.09. The first-order chi connectivity index (χ1) is 6.51. The number of hydrogen-bond acceptors (Lipinski definition) is 3. The Morgan fingerprint density at radius 1 is 1.29 bits per heavy atom. The highest BCUT2D eigenvalue weighted by Gasteiger charge is 2.07. The molecule has 1 aromatic heterocycles. The summed E-state index contributed by atoms with van der Waals surface area (Å²) < 4.78 is 0. The smallest absolute Gasteiger partial charge is 0.125 e. The molecule has 0 radical (unpaired) electrons. The standard InChI is InChI=1S/C11H19N3/c1-11(2,3)14-8-9-5-6-10(12-4)13-7-9/h5-7,14H,8H2,1-4H3,(H,12,13). The molecule has 0 aliphatic rings. The molecule has 1 rings (SSSR count). The molecular weight excluding hydrogens is 174 g/mol. The Morgan fingerprint density at radius 3 is 2.43 bits per heavy atom. The van der Waals surface area contributed by atoms with Gasteiger partial charge in [-0.3, -0.25) is 0 Å². The van der Waals surface area contributed by atoms with Crippen LogP contribution in [0.2, 0.25) is 0 Å². The summed E-state index contributed by atoms with van der Waals surface area (Å²) >= 11 is 0. The predicted octanol–water partition coefficient (Wildman–Crippen LogP) is 2.01. The fraction of sp³-hybridized carbons (Fsp3) is 0.545. The molecule has 2 N–H and O–H groups in total. The van der Waals surface area contributed by atoms with Crippen LogP contribution in [0.1, 0.15) is 26.3 Å². The summed E-state index contributed by atoms with van der Waals surface area (Å²) in [5.74, 6) is 0.907. The Morgan fingerprint density at radius 2 is 2.00 bits per heavy atom. The maximum Gasteiger partial charge on any atom is 0.125 e. The Labute approximate surface area is 85.9 Å². The van der Waals surface area contributed by atoms with Crippen LogP contribution in [0, 0.1) is 0 Å². The van der Waals surface area contributed by atoms with Gasteiger partial charge >= 0.3 is 0 Å². The first-order valence-electron chi connectivity index (χ1n) is 4.89. The molecular formula is C11H19N3. The van der Waals surface area contributed by atoms with Gasteiger partial charge in [-0.25, -0.2) is 4.98 Å². The van der Waals surface area contributed by atoms with E-state index in [-0.39, 0.29) is 5.54 Å². The van der Waals surface area contributed by atoms with E-state index >= 15 is 0 Å². The van der Waals surface area contributed by atoms with E-state index in [9.17, 15) is 0 Å². The van der Waals surface area contributed by atoms with Crippen LogP contribution in [0.25, 0.3) is 0 Å². The maximum absolute atomic E-state index is 4.25. The van der Waals surface area contributed by atoms with Crippen LogP contribution in [-0.2, 0) is 6.54 Å². The summed E-state index contributed by atoms with van der Waals surface area (Å²) in [6, 6.07) is 4.07. The van der Waals surface area contributed by atoms with Crippen LogP contribution in [-0.4, -0.2) is 17.6 Å². The minimum atomic E-state index is 0.154. The summed E-state index contributed by atoms with van der Waals surface area (Å²) in [4.78, 5) is 4.25. The molecule has 0 unspecified atom stereocenters. The van der Waals surface area contributed by atoms with E-state index in [0.717, 1.165) is 12.4 Å². The van der Waals surface area contributed by atoms with E-state index in [4.69, 9.17) is 0 Å². The highest BCUT2D eigenvalue weighted by molar-refractivity contribution is 5.34. The van der Waals surface area contributed by atoms with Crippen molar-refractivity contribution in [3.63, 3.8) is 0 Å². The quantitative estimate of drug-likeness (QED) is 0.771. The second kappa shape index (κ2) is 4.42. The molecule has 0 fully saturated rings. The van der Waals surface area contributed by atoms with Crippen molar-refractivity contribution in [1.29, 1.82) is 0 Å². The molecule has 3 nitrogen and oxygen atoms in total. The third-order valence-electron chi connectivity index (χ3n) is 1.90. The van der Waals surface area contributed by atoms with Gasteiger partial charge in [0.05, 0.1) is 0 Å². The van der Waals surface area contributed by atoms with Gasteiger partial charge in [0.2, 0.25) is 0 Å². The first-order valence-corrected chi connectivity index (χ1v) is 4.89. The molecule has 78 valence electrons. The van der Waals surface area contributed by atoms with Crippen molar-refractivity contribution in [2.45, 2.75) is 32.9 Å². The third kappa shape index (κ3) is 3.75. The van der Waals surface area contributed by atoms with Crippen molar-refractivity contribution in [2.24, 2.45) is 0 Å². The Balaban J connectivity index is 2.52. The monoisotopic (exact) mass is 193 g/mol. The zero-order valence-corrected chi connectivity index (χ0v) is 9.39. The zero-order valence-electron chi connectivity index (χ0n) is 9.39. The van der Waals surface area contributed by atoms with E-state index in [1.54, 1.807) is 0 Å². The molecule has 0 saturated carbocycles. The molecule has 0 bridgehead atoms. The molecule has 0 amide bonds. The van der Waals surface area contributed by atoms with Gasteiger partial charge in [0.1, 0.15) is 5.82 Å². The van der Waals surface area contributed by atoms with Crippen LogP contribution in [0.4, 0.5) is 5.82 Å². The molecule has 1 heterocycles. The summed E-state index contributed by atoms with van der Waals surface area (Å²) in [5.41, 5.74) is 1.36. The molecule has 0 aliphatic carbocycles. The highest BCUT2D eigenvalue weighted by atomic mass is 15.0. The fourth-order valence-electron chi connectivity index (χ4n) is 1.04. The molecule has 3 heteroatoms. The largest absolute Gasteiger partial charge is 0.373 e. The number of pyridine rings is 1. The van der Waals surface area contributed by atoms with Crippen molar-refractivity contribution in [2.75, 3.05) is 12.4 Å². The molecule has 14 heavy (non-hydrogen) atoms. The molecule has 0 spiro atoms. The number of nitrogens with one attached hydrogen (secondary N) is 2. The van der Waals surface area contributed by atoms with Crippen LogP contribution in [0.5, 0.6) is 0 Å². The van der Waals surface area contributed by atoms with Gasteiger partial charge in [0.15, 0.2) is 0 Å².